The molecule has 0 saturated carbocycles. The van der Waals surface area contributed by atoms with E-state index in [-0.39, 0.29) is 24.8 Å². The Kier molecular flexibility index (Phi) is 10.2. The number of rotatable bonds is 1. The molecule has 11 heavy (non-hydrogen) atoms. The zero-order valence-electron chi connectivity index (χ0n) is 6.93. The van der Waals surface area contributed by atoms with Crippen LogP contribution in [0.3, 0.4) is 0 Å². The van der Waals surface area contributed by atoms with E-state index in [2.05, 4.69) is 18.3 Å². The SMILES string of the molecule is CCC=C1CCCCN1.Cl.Cl. The zero-order valence-corrected chi connectivity index (χ0v) is 8.56. The summed E-state index contributed by atoms with van der Waals surface area (Å²) in [6, 6.07) is 0. The third-order valence-electron chi connectivity index (χ3n) is 1.68. The lowest BCUT2D eigenvalue weighted by atomic mass is 10.1. The first-order valence-electron chi connectivity index (χ1n) is 3.86. The van der Waals surface area contributed by atoms with Crippen LogP contribution in [0.4, 0.5) is 0 Å². The predicted octanol–water partition coefficient (Wildman–Crippen LogP) is 2.90. The molecule has 0 aromatic heterocycles. The van der Waals surface area contributed by atoms with Crippen LogP contribution in [0.15, 0.2) is 11.8 Å². The molecule has 1 N–H and O–H groups in total. The van der Waals surface area contributed by atoms with Gasteiger partial charge in [-0.1, -0.05) is 13.0 Å². The second-order valence-electron chi connectivity index (χ2n) is 2.52. The molecule has 0 aromatic carbocycles. The summed E-state index contributed by atoms with van der Waals surface area (Å²) in [5.74, 6) is 0. The van der Waals surface area contributed by atoms with Gasteiger partial charge in [0.05, 0.1) is 0 Å². The Bertz CT molecular complexity index is 105. The largest absolute Gasteiger partial charge is 0.389 e. The van der Waals surface area contributed by atoms with Gasteiger partial charge in [-0.25, -0.2) is 0 Å². The summed E-state index contributed by atoms with van der Waals surface area (Å²) in [5, 5.41) is 3.38. The lowest BCUT2D eigenvalue weighted by Gasteiger charge is -2.15. The molecule has 1 rings (SSSR count). The van der Waals surface area contributed by atoms with Crippen molar-refractivity contribution in [2.45, 2.75) is 32.6 Å². The average molecular weight is 198 g/mol. The third-order valence-corrected chi connectivity index (χ3v) is 1.68. The van der Waals surface area contributed by atoms with E-state index in [4.69, 9.17) is 0 Å². The monoisotopic (exact) mass is 197 g/mol. The molecule has 0 atom stereocenters. The lowest BCUT2D eigenvalue weighted by Crippen LogP contribution is -2.19. The smallest absolute Gasteiger partial charge is 0.0143 e. The van der Waals surface area contributed by atoms with Crippen molar-refractivity contribution in [1.29, 1.82) is 0 Å². The van der Waals surface area contributed by atoms with Crippen LogP contribution in [0, 0.1) is 0 Å². The van der Waals surface area contributed by atoms with Gasteiger partial charge in [0.15, 0.2) is 0 Å². The van der Waals surface area contributed by atoms with Crippen molar-refractivity contribution in [1.82, 2.24) is 5.32 Å². The van der Waals surface area contributed by atoms with Crippen LogP contribution < -0.4 is 5.32 Å². The van der Waals surface area contributed by atoms with Crippen molar-refractivity contribution < 1.29 is 0 Å². The van der Waals surface area contributed by atoms with Crippen molar-refractivity contribution in [3.05, 3.63) is 11.8 Å². The minimum atomic E-state index is 0. The molecule has 0 unspecified atom stereocenters. The first kappa shape index (κ1) is 13.7. The molecule has 1 nitrogen and oxygen atoms in total. The van der Waals surface area contributed by atoms with Crippen molar-refractivity contribution in [2.75, 3.05) is 6.54 Å². The summed E-state index contributed by atoms with van der Waals surface area (Å²) in [7, 11) is 0. The molecule has 1 heterocycles. The van der Waals surface area contributed by atoms with Gasteiger partial charge in [0.2, 0.25) is 0 Å². The van der Waals surface area contributed by atoms with Crippen molar-refractivity contribution in [3.8, 4) is 0 Å². The fourth-order valence-electron chi connectivity index (χ4n) is 1.20. The number of piperidine rings is 1. The summed E-state index contributed by atoms with van der Waals surface area (Å²) in [6.07, 6.45) is 7.45. The van der Waals surface area contributed by atoms with Gasteiger partial charge in [-0.05, 0) is 25.7 Å². The molecule has 68 valence electrons. The van der Waals surface area contributed by atoms with E-state index < -0.39 is 0 Å². The van der Waals surface area contributed by atoms with Crippen LogP contribution in [0.25, 0.3) is 0 Å². The zero-order chi connectivity index (χ0) is 6.53. The van der Waals surface area contributed by atoms with E-state index in [9.17, 15) is 0 Å². The molecule has 3 heteroatoms. The Morgan fingerprint density at radius 2 is 2.09 bits per heavy atom. The second-order valence-corrected chi connectivity index (χ2v) is 2.52. The fraction of sp³-hybridized carbons (Fsp3) is 0.750. The minimum Gasteiger partial charge on any atom is -0.389 e. The molecule has 0 aliphatic carbocycles. The number of nitrogens with one attached hydrogen (secondary N) is 1. The van der Waals surface area contributed by atoms with Crippen LogP contribution in [0.5, 0.6) is 0 Å². The topological polar surface area (TPSA) is 12.0 Å². The number of halogens is 2. The van der Waals surface area contributed by atoms with Gasteiger partial charge in [0, 0.05) is 12.2 Å². The molecular weight excluding hydrogens is 181 g/mol. The summed E-state index contributed by atoms with van der Waals surface area (Å²) in [6.45, 7) is 3.37. The van der Waals surface area contributed by atoms with Crippen LogP contribution in [0.1, 0.15) is 32.6 Å². The van der Waals surface area contributed by atoms with Crippen molar-refractivity contribution in [2.24, 2.45) is 0 Å². The maximum absolute atomic E-state index is 3.38. The first-order valence-corrected chi connectivity index (χ1v) is 3.86. The number of allylic oxidation sites excluding steroid dienone is 2. The molecule has 0 spiro atoms. The molecule has 1 fully saturated rings. The summed E-state index contributed by atoms with van der Waals surface area (Å²) < 4.78 is 0. The summed E-state index contributed by atoms with van der Waals surface area (Å²) in [4.78, 5) is 0. The molecule has 0 amide bonds. The van der Waals surface area contributed by atoms with Gasteiger partial charge in [-0.15, -0.1) is 24.8 Å². The van der Waals surface area contributed by atoms with E-state index in [1.807, 2.05) is 0 Å². The highest BCUT2D eigenvalue weighted by Crippen LogP contribution is 2.09. The minimum absolute atomic E-state index is 0. The van der Waals surface area contributed by atoms with E-state index in [1.165, 1.54) is 37.9 Å². The number of hydrogen-bond donors (Lipinski definition) is 1. The van der Waals surface area contributed by atoms with Gasteiger partial charge in [-0.2, -0.15) is 0 Å². The molecule has 0 aromatic rings. The maximum Gasteiger partial charge on any atom is 0.0143 e. The Balaban J connectivity index is 0. The summed E-state index contributed by atoms with van der Waals surface area (Å²) in [5.41, 5.74) is 1.46. The van der Waals surface area contributed by atoms with Crippen LogP contribution in [0.2, 0.25) is 0 Å². The second kappa shape index (κ2) is 8.22. The Morgan fingerprint density at radius 1 is 1.36 bits per heavy atom. The van der Waals surface area contributed by atoms with Crippen molar-refractivity contribution >= 4 is 24.8 Å². The van der Waals surface area contributed by atoms with Gasteiger partial charge < -0.3 is 5.32 Å². The fourth-order valence-corrected chi connectivity index (χ4v) is 1.20. The number of hydrogen-bond acceptors (Lipinski definition) is 1. The third kappa shape index (κ3) is 5.40. The van der Waals surface area contributed by atoms with Gasteiger partial charge in [-0.3, -0.25) is 0 Å². The average Bonchev–Trinajstić information content (AvgIpc) is 1.91. The highest BCUT2D eigenvalue weighted by atomic mass is 35.5. The van der Waals surface area contributed by atoms with Crippen LogP contribution in [-0.2, 0) is 0 Å². The molecule has 0 radical (unpaired) electrons. The quantitative estimate of drug-likeness (QED) is 0.683. The lowest BCUT2D eigenvalue weighted by molar-refractivity contribution is 0.585. The van der Waals surface area contributed by atoms with E-state index in [1.54, 1.807) is 0 Å². The van der Waals surface area contributed by atoms with E-state index in [0.717, 1.165) is 0 Å². The maximum atomic E-state index is 3.38. The van der Waals surface area contributed by atoms with Gasteiger partial charge in [0.1, 0.15) is 0 Å². The van der Waals surface area contributed by atoms with E-state index >= 15 is 0 Å². The normalized spacial score (nSPS) is 19.5. The standard InChI is InChI=1S/C8H15N.2ClH/c1-2-5-8-6-3-4-7-9-8;;/h5,9H,2-4,6-7H2,1H3;2*1H. The van der Waals surface area contributed by atoms with Crippen LogP contribution in [-0.4, -0.2) is 6.54 Å². The van der Waals surface area contributed by atoms with Gasteiger partial charge >= 0.3 is 0 Å². The molecular formula is C8H17Cl2N. The Morgan fingerprint density at radius 3 is 2.55 bits per heavy atom. The molecule has 1 aliphatic heterocycles. The Labute approximate surface area is 81.5 Å². The summed E-state index contributed by atoms with van der Waals surface area (Å²) >= 11 is 0. The highest BCUT2D eigenvalue weighted by Gasteiger charge is 2.01. The van der Waals surface area contributed by atoms with E-state index in [0.29, 0.717) is 0 Å². The van der Waals surface area contributed by atoms with Crippen LogP contribution >= 0.6 is 24.8 Å². The Hall–Kier alpha value is 0.120. The molecule has 1 saturated heterocycles. The highest BCUT2D eigenvalue weighted by molar-refractivity contribution is 5.85. The predicted molar refractivity (Wildman–Crippen MR) is 54.7 cm³/mol. The van der Waals surface area contributed by atoms with Gasteiger partial charge in [0.25, 0.3) is 0 Å². The molecule has 1 aliphatic rings. The van der Waals surface area contributed by atoms with Crippen molar-refractivity contribution in [3.63, 3.8) is 0 Å². The molecule has 0 bridgehead atoms. The first-order chi connectivity index (χ1) is 4.43.